The van der Waals surface area contributed by atoms with Gasteiger partial charge in [0.25, 0.3) is 0 Å². The summed E-state index contributed by atoms with van der Waals surface area (Å²) in [6.07, 6.45) is 4.68. The highest BCUT2D eigenvalue weighted by atomic mass is 32.1. The number of aryl methyl sites for hydroxylation is 1. The van der Waals surface area contributed by atoms with Crippen molar-refractivity contribution in [3.05, 3.63) is 33.0 Å². The third-order valence-electron chi connectivity index (χ3n) is 3.73. The van der Waals surface area contributed by atoms with E-state index < -0.39 is 0 Å². The molecule has 1 fully saturated rings. The Kier molecular flexibility index (Phi) is 4.38. The van der Waals surface area contributed by atoms with Crippen LogP contribution in [0.2, 0.25) is 0 Å². The molecule has 1 aliphatic rings. The summed E-state index contributed by atoms with van der Waals surface area (Å²) >= 11 is 3.70. The first-order valence-corrected chi connectivity index (χ1v) is 8.83. The van der Waals surface area contributed by atoms with E-state index in [9.17, 15) is 0 Å². The molecule has 0 N–H and O–H groups in total. The molecule has 108 valence electrons. The number of thiophene rings is 1. The Hall–Kier alpha value is -0.910. The van der Waals surface area contributed by atoms with Gasteiger partial charge in [-0.05, 0) is 43.8 Å². The third-order valence-corrected chi connectivity index (χ3v) is 5.78. The lowest BCUT2D eigenvalue weighted by Crippen LogP contribution is -2.17. The molecular formula is C15H21N3S2. The molecule has 0 amide bonds. The van der Waals surface area contributed by atoms with E-state index >= 15 is 0 Å². The molecule has 0 aromatic carbocycles. The first kappa shape index (κ1) is 14.0. The molecule has 3 nitrogen and oxygen atoms in total. The number of hydrogen-bond donors (Lipinski definition) is 0. The average Bonchev–Trinajstić information content (AvgIpc) is 3.12. The molecular weight excluding hydrogens is 286 g/mol. The molecule has 0 unspecified atom stereocenters. The second-order valence-electron chi connectivity index (χ2n) is 5.50. The van der Waals surface area contributed by atoms with Gasteiger partial charge in [0.1, 0.15) is 0 Å². The van der Waals surface area contributed by atoms with Gasteiger partial charge in [-0.1, -0.05) is 0 Å². The lowest BCUT2D eigenvalue weighted by molar-refractivity contribution is 0.324. The smallest absolute Gasteiger partial charge is 0.185 e. The van der Waals surface area contributed by atoms with Crippen LogP contribution in [0.3, 0.4) is 0 Å². The fourth-order valence-electron chi connectivity index (χ4n) is 2.56. The van der Waals surface area contributed by atoms with Crippen LogP contribution in [0, 0.1) is 6.92 Å². The zero-order valence-electron chi connectivity index (χ0n) is 12.1. The Labute approximate surface area is 128 Å². The predicted octanol–water partition coefficient (Wildman–Crippen LogP) is 3.75. The van der Waals surface area contributed by atoms with Crippen LogP contribution in [0.15, 0.2) is 17.6 Å². The van der Waals surface area contributed by atoms with Crippen molar-refractivity contribution in [1.29, 1.82) is 0 Å². The molecule has 0 radical (unpaired) electrons. The van der Waals surface area contributed by atoms with Crippen molar-refractivity contribution in [1.82, 2.24) is 9.88 Å². The van der Waals surface area contributed by atoms with Crippen molar-refractivity contribution in [2.75, 3.05) is 25.0 Å². The quantitative estimate of drug-likeness (QED) is 0.839. The molecule has 0 atom stereocenters. The summed E-state index contributed by atoms with van der Waals surface area (Å²) in [5.41, 5.74) is 1.41. The average molecular weight is 307 g/mol. The predicted molar refractivity (Wildman–Crippen MR) is 87.8 cm³/mol. The maximum absolute atomic E-state index is 4.59. The summed E-state index contributed by atoms with van der Waals surface area (Å²) in [7, 11) is 2.19. The summed E-state index contributed by atoms with van der Waals surface area (Å²) in [6, 6.07) is 2.20. The van der Waals surface area contributed by atoms with E-state index in [1.54, 1.807) is 0 Å². The van der Waals surface area contributed by atoms with Crippen molar-refractivity contribution >= 4 is 27.8 Å². The fraction of sp³-hybridized carbons (Fsp3) is 0.533. The van der Waals surface area contributed by atoms with E-state index in [-0.39, 0.29) is 0 Å². The van der Waals surface area contributed by atoms with Crippen LogP contribution in [0.5, 0.6) is 0 Å². The van der Waals surface area contributed by atoms with E-state index in [4.69, 9.17) is 0 Å². The van der Waals surface area contributed by atoms with Gasteiger partial charge in [-0.25, -0.2) is 4.98 Å². The van der Waals surface area contributed by atoms with Gasteiger partial charge in [0.15, 0.2) is 5.13 Å². The molecule has 1 aliphatic heterocycles. The zero-order valence-corrected chi connectivity index (χ0v) is 13.8. The molecule has 0 aliphatic carbocycles. The number of anilines is 1. The Morgan fingerprint density at radius 1 is 1.30 bits per heavy atom. The summed E-state index contributed by atoms with van der Waals surface area (Å²) in [4.78, 5) is 12.2. The Morgan fingerprint density at radius 2 is 2.10 bits per heavy atom. The number of thiazole rings is 1. The van der Waals surface area contributed by atoms with Gasteiger partial charge in [-0.15, -0.1) is 22.7 Å². The minimum absolute atomic E-state index is 0.989. The van der Waals surface area contributed by atoms with Gasteiger partial charge >= 0.3 is 0 Å². The van der Waals surface area contributed by atoms with Crippen molar-refractivity contribution < 1.29 is 0 Å². The van der Waals surface area contributed by atoms with Gasteiger partial charge in [-0.3, -0.25) is 4.90 Å². The maximum Gasteiger partial charge on any atom is 0.185 e. The number of aromatic nitrogens is 1. The SMILES string of the molecule is Cc1ccsc1CN(C)Cc1cnc(N2CCCC2)s1. The standard InChI is InChI=1S/C15H21N3S2/c1-12-5-8-19-14(12)11-17(2)10-13-9-16-15(20-13)18-6-3-4-7-18/h5,8-9H,3-4,6-7,10-11H2,1-2H3. The van der Waals surface area contributed by atoms with Crippen LogP contribution in [0.1, 0.15) is 28.2 Å². The third kappa shape index (κ3) is 3.22. The maximum atomic E-state index is 4.59. The monoisotopic (exact) mass is 307 g/mol. The van der Waals surface area contributed by atoms with Gasteiger partial charge < -0.3 is 4.90 Å². The topological polar surface area (TPSA) is 19.4 Å². The fourth-order valence-corrected chi connectivity index (χ4v) is 4.59. The van der Waals surface area contributed by atoms with Crippen molar-refractivity contribution in [2.24, 2.45) is 0 Å². The van der Waals surface area contributed by atoms with Gasteiger partial charge in [0.2, 0.25) is 0 Å². The molecule has 0 saturated carbocycles. The van der Waals surface area contributed by atoms with Crippen LogP contribution in [-0.4, -0.2) is 30.0 Å². The first-order valence-electron chi connectivity index (χ1n) is 7.13. The van der Waals surface area contributed by atoms with Gasteiger partial charge in [-0.2, -0.15) is 0 Å². The number of hydrogen-bond acceptors (Lipinski definition) is 5. The summed E-state index contributed by atoms with van der Waals surface area (Å²) in [5, 5.41) is 3.38. The lowest BCUT2D eigenvalue weighted by Gasteiger charge is -2.15. The second-order valence-corrected chi connectivity index (χ2v) is 7.60. The second kappa shape index (κ2) is 6.24. The van der Waals surface area contributed by atoms with Crippen LogP contribution in [-0.2, 0) is 13.1 Å². The van der Waals surface area contributed by atoms with Crippen LogP contribution >= 0.6 is 22.7 Å². The molecule has 5 heteroatoms. The molecule has 3 rings (SSSR count). The lowest BCUT2D eigenvalue weighted by atomic mass is 10.3. The van der Waals surface area contributed by atoms with Crippen LogP contribution in [0.4, 0.5) is 5.13 Å². The van der Waals surface area contributed by atoms with E-state index in [0.717, 1.165) is 13.1 Å². The zero-order chi connectivity index (χ0) is 13.9. The summed E-state index contributed by atoms with van der Waals surface area (Å²) in [6.45, 7) is 6.56. The first-order chi connectivity index (χ1) is 9.72. The van der Waals surface area contributed by atoms with Crippen molar-refractivity contribution in [2.45, 2.75) is 32.9 Å². The minimum Gasteiger partial charge on any atom is -0.348 e. The number of rotatable bonds is 5. The van der Waals surface area contributed by atoms with Crippen LogP contribution in [0.25, 0.3) is 0 Å². The molecule has 20 heavy (non-hydrogen) atoms. The largest absolute Gasteiger partial charge is 0.348 e. The van der Waals surface area contributed by atoms with Gasteiger partial charge in [0, 0.05) is 42.1 Å². The van der Waals surface area contributed by atoms with Crippen LogP contribution < -0.4 is 4.90 Å². The molecule has 2 aromatic rings. The van der Waals surface area contributed by atoms with Crippen molar-refractivity contribution in [3.63, 3.8) is 0 Å². The van der Waals surface area contributed by atoms with E-state index in [1.165, 1.54) is 46.4 Å². The van der Waals surface area contributed by atoms with E-state index in [0.29, 0.717) is 0 Å². The van der Waals surface area contributed by atoms with Gasteiger partial charge in [0.05, 0.1) is 0 Å². The Morgan fingerprint density at radius 3 is 2.80 bits per heavy atom. The highest BCUT2D eigenvalue weighted by Crippen LogP contribution is 2.27. The highest BCUT2D eigenvalue weighted by molar-refractivity contribution is 7.15. The molecule has 0 spiro atoms. The molecule has 2 aromatic heterocycles. The van der Waals surface area contributed by atoms with Crippen molar-refractivity contribution in [3.8, 4) is 0 Å². The molecule has 1 saturated heterocycles. The highest BCUT2D eigenvalue weighted by Gasteiger charge is 2.16. The molecule has 3 heterocycles. The summed E-state index contributed by atoms with van der Waals surface area (Å²) < 4.78 is 0. The summed E-state index contributed by atoms with van der Waals surface area (Å²) in [5.74, 6) is 0. The molecule has 0 bridgehead atoms. The minimum atomic E-state index is 0.989. The van der Waals surface area contributed by atoms with E-state index in [2.05, 4.69) is 46.4 Å². The van der Waals surface area contributed by atoms with E-state index in [1.807, 2.05) is 22.7 Å². The Balaban J connectivity index is 1.58. The Bertz CT molecular complexity index is 555. The number of nitrogens with zero attached hydrogens (tertiary/aromatic N) is 3. The normalized spacial score (nSPS) is 15.4.